The lowest BCUT2D eigenvalue weighted by atomic mass is 10.2. The number of ether oxygens (including phenoxy) is 1. The van der Waals surface area contributed by atoms with Gasteiger partial charge in [-0.1, -0.05) is 0 Å². The van der Waals surface area contributed by atoms with Gasteiger partial charge in [-0.25, -0.2) is 4.79 Å². The van der Waals surface area contributed by atoms with Gasteiger partial charge in [0.05, 0.1) is 6.61 Å². The van der Waals surface area contributed by atoms with E-state index < -0.39 is 0 Å². The first-order chi connectivity index (χ1) is 10.5. The molecule has 1 amide bonds. The molecule has 1 N–H and O–H groups in total. The number of carbonyl (C=O) groups excluding carboxylic acids is 1. The molecule has 0 aliphatic rings. The molecule has 0 fully saturated rings. The molecule has 0 spiro atoms. The summed E-state index contributed by atoms with van der Waals surface area (Å²) in [7, 11) is 1.67. The van der Waals surface area contributed by atoms with Crippen LogP contribution in [0.5, 0.6) is 0 Å². The maximum atomic E-state index is 11.7. The molecule has 0 radical (unpaired) electrons. The summed E-state index contributed by atoms with van der Waals surface area (Å²) < 4.78 is 10.3. The van der Waals surface area contributed by atoms with Gasteiger partial charge in [0.2, 0.25) is 11.8 Å². The number of nitrogens with zero attached hydrogens (tertiary/aromatic N) is 3. The number of hydrogen-bond acceptors (Lipinski definition) is 6. The summed E-state index contributed by atoms with van der Waals surface area (Å²) in [6.45, 7) is 5.82. The minimum atomic E-state index is -0.377. The predicted octanol–water partition coefficient (Wildman–Crippen LogP) is 3.14. The summed E-state index contributed by atoms with van der Waals surface area (Å²) >= 11 is 0. The highest BCUT2D eigenvalue weighted by Gasteiger charge is 2.14. The zero-order valence-corrected chi connectivity index (χ0v) is 13.2. The smallest absolute Gasteiger partial charge is 0.413 e. The van der Waals surface area contributed by atoms with Crippen LogP contribution in [0.4, 0.5) is 16.2 Å². The zero-order valence-electron chi connectivity index (χ0n) is 13.2. The van der Waals surface area contributed by atoms with Gasteiger partial charge in [0.15, 0.2) is 0 Å². The Balaban J connectivity index is 2.01. The van der Waals surface area contributed by atoms with Crippen LogP contribution in [-0.4, -0.2) is 29.9 Å². The van der Waals surface area contributed by atoms with E-state index in [0.29, 0.717) is 18.4 Å². The van der Waals surface area contributed by atoms with Gasteiger partial charge in [-0.05, 0) is 38.1 Å². The van der Waals surface area contributed by atoms with Crippen LogP contribution in [0, 0.1) is 6.92 Å². The van der Waals surface area contributed by atoms with E-state index in [2.05, 4.69) is 15.5 Å². The van der Waals surface area contributed by atoms with Crippen molar-refractivity contribution in [1.29, 1.82) is 0 Å². The monoisotopic (exact) mass is 304 g/mol. The van der Waals surface area contributed by atoms with Crippen molar-refractivity contribution in [3.05, 3.63) is 36.0 Å². The molecule has 1 aromatic heterocycles. The lowest BCUT2D eigenvalue weighted by Gasteiger charge is -2.17. The molecule has 1 aromatic carbocycles. The lowest BCUT2D eigenvalue weighted by Crippen LogP contribution is -2.26. The molecule has 0 aliphatic carbocycles. The molecule has 22 heavy (non-hydrogen) atoms. The van der Waals surface area contributed by atoms with Gasteiger partial charge in [-0.15, -0.1) is 10.2 Å². The molecule has 0 unspecified atom stereocenters. The Kier molecular flexibility index (Phi) is 4.98. The van der Waals surface area contributed by atoms with Gasteiger partial charge >= 0.3 is 6.09 Å². The largest absolute Gasteiger partial charge is 0.449 e. The summed E-state index contributed by atoms with van der Waals surface area (Å²) in [6.07, 6.45) is -0.377. The Hall–Kier alpha value is -2.57. The Morgan fingerprint density at radius 2 is 2.05 bits per heavy atom. The van der Waals surface area contributed by atoms with Crippen LogP contribution in [0.1, 0.15) is 31.7 Å². The van der Waals surface area contributed by atoms with Crippen LogP contribution in [0.3, 0.4) is 0 Å². The van der Waals surface area contributed by atoms with Crippen molar-refractivity contribution >= 4 is 17.5 Å². The molecule has 7 nitrogen and oxygen atoms in total. The summed E-state index contributed by atoms with van der Waals surface area (Å²) in [5.41, 5.74) is 1.65. The predicted molar refractivity (Wildman–Crippen MR) is 82.9 cm³/mol. The average molecular weight is 304 g/mol. The third-order valence-corrected chi connectivity index (χ3v) is 3.09. The highest BCUT2D eigenvalue weighted by Crippen LogP contribution is 2.21. The summed E-state index contributed by atoms with van der Waals surface area (Å²) in [5.74, 6) is 1.07. The van der Waals surface area contributed by atoms with Crippen LogP contribution < -0.4 is 10.2 Å². The molecule has 118 valence electrons. The summed E-state index contributed by atoms with van der Waals surface area (Å²) in [6, 6.07) is 7.33. The SMILES string of the molecule is CCOC(=O)N(C)c1ccc(N[C@H](C)c2nnc(C)o2)cc1. The zero-order chi connectivity index (χ0) is 16.1. The van der Waals surface area contributed by atoms with Crippen LogP contribution in [-0.2, 0) is 4.74 Å². The maximum Gasteiger partial charge on any atom is 0.413 e. The van der Waals surface area contributed by atoms with Gasteiger partial charge in [-0.3, -0.25) is 4.90 Å². The first kappa shape index (κ1) is 15.8. The van der Waals surface area contributed by atoms with E-state index in [4.69, 9.17) is 9.15 Å². The quantitative estimate of drug-likeness (QED) is 0.914. The molecule has 1 atom stereocenters. The molecular formula is C15H20N4O3. The third-order valence-electron chi connectivity index (χ3n) is 3.09. The fourth-order valence-corrected chi connectivity index (χ4v) is 1.91. The average Bonchev–Trinajstić information content (AvgIpc) is 2.94. The molecule has 7 heteroatoms. The number of carbonyl (C=O) groups is 1. The maximum absolute atomic E-state index is 11.7. The van der Waals surface area contributed by atoms with E-state index in [1.807, 2.05) is 31.2 Å². The van der Waals surface area contributed by atoms with Gasteiger partial charge < -0.3 is 14.5 Å². The van der Waals surface area contributed by atoms with E-state index in [1.165, 1.54) is 4.90 Å². The van der Waals surface area contributed by atoms with Crippen molar-refractivity contribution in [3.63, 3.8) is 0 Å². The summed E-state index contributed by atoms with van der Waals surface area (Å²) in [5, 5.41) is 11.1. The molecular weight excluding hydrogens is 284 g/mol. The number of hydrogen-bond donors (Lipinski definition) is 1. The molecule has 0 aliphatic heterocycles. The fourth-order valence-electron chi connectivity index (χ4n) is 1.91. The number of aromatic nitrogens is 2. The van der Waals surface area contributed by atoms with Crippen molar-refractivity contribution in [1.82, 2.24) is 10.2 Å². The van der Waals surface area contributed by atoms with Gasteiger partial charge in [0, 0.05) is 25.3 Å². The molecule has 1 heterocycles. The highest BCUT2D eigenvalue weighted by atomic mass is 16.6. The number of amides is 1. The first-order valence-corrected chi connectivity index (χ1v) is 7.08. The van der Waals surface area contributed by atoms with E-state index in [1.54, 1.807) is 20.9 Å². The number of rotatable bonds is 5. The Morgan fingerprint density at radius 3 is 2.59 bits per heavy atom. The minimum absolute atomic E-state index is 0.102. The number of anilines is 2. The topological polar surface area (TPSA) is 80.5 Å². The normalized spacial score (nSPS) is 11.8. The molecule has 0 bridgehead atoms. The molecule has 2 aromatic rings. The third kappa shape index (κ3) is 3.75. The number of nitrogens with one attached hydrogen (secondary N) is 1. The Bertz CT molecular complexity index is 624. The Labute approximate surface area is 129 Å². The fraction of sp³-hybridized carbons (Fsp3) is 0.400. The molecule has 2 rings (SSSR count). The second kappa shape index (κ2) is 6.93. The van der Waals surface area contributed by atoms with E-state index >= 15 is 0 Å². The van der Waals surface area contributed by atoms with Crippen LogP contribution in [0.25, 0.3) is 0 Å². The Morgan fingerprint density at radius 1 is 1.36 bits per heavy atom. The highest BCUT2D eigenvalue weighted by molar-refractivity contribution is 5.87. The van der Waals surface area contributed by atoms with Gasteiger partial charge in [0.1, 0.15) is 6.04 Å². The molecule has 0 saturated heterocycles. The standard InChI is InChI=1S/C15H20N4O3/c1-5-21-15(20)19(4)13-8-6-12(7-9-13)16-10(2)14-18-17-11(3)22-14/h6-10,16H,5H2,1-4H3/t10-/m1/s1. The second-order valence-electron chi connectivity index (χ2n) is 4.83. The lowest BCUT2D eigenvalue weighted by molar-refractivity contribution is 0.161. The minimum Gasteiger partial charge on any atom is -0.449 e. The van der Waals surface area contributed by atoms with Crippen molar-refractivity contribution in [2.24, 2.45) is 0 Å². The van der Waals surface area contributed by atoms with Gasteiger partial charge in [-0.2, -0.15) is 0 Å². The van der Waals surface area contributed by atoms with Crippen LogP contribution in [0.2, 0.25) is 0 Å². The number of aryl methyl sites for hydroxylation is 1. The molecule has 0 saturated carbocycles. The van der Waals surface area contributed by atoms with Crippen molar-refractivity contribution in [3.8, 4) is 0 Å². The first-order valence-electron chi connectivity index (χ1n) is 7.08. The van der Waals surface area contributed by atoms with Crippen molar-refractivity contribution in [2.75, 3.05) is 23.9 Å². The second-order valence-corrected chi connectivity index (χ2v) is 4.83. The van der Waals surface area contributed by atoms with E-state index in [9.17, 15) is 4.79 Å². The van der Waals surface area contributed by atoms with E-state index in [-0.39, 0.29) is 12.1 Å². The van der Waals surface area contributed by atoms with Crippen molar-refractivity contribution in [2.45, 2.75) is 26.8 Å². The van der Waals surface area contributed by atoms with E-state index in [0.717, 1.165) is 11.4 Å². The van der Waals surface area contributed by atoms with Crippen LogP contribution in [0.15, 0.2) is 28.7 Å². The van der Waals surface area contributed by atoms with Crippen LogP contribution >= 0.6 is 0 Å². The summed E-state index contributed by atoms with van der Waals surface area (Å²) in [4.78, 5) is 13.1. The van der Waals surface area contributed by atoms with Gasteiger partial charge in [0.25, 0.3) is 0 Å². The van der Waals surface area contributed by atoms with Crippen molar-refractivity contribution < 1.29 is 13.9 Å². The number of benzene rings is 1.